The van der Waals surface area contributed by atoms with E-state index in [1.165, 1.54) is 0 Å². The molecule has 5 rings (SSSR count). The molecule has 0 aliphatic carbocycles. The van der Waals surface area contributed by atoms with Gasteiger partial charge in [0.2, 0.25) is 5.91 Å². The van der Waals surface area contributed by atoms with Crippen LogP contribution in [0.5, 0.6) is 5.75 Å². The predicted molar refractivity (Wildman–Crippen MR) is 147 cm³/mol. The lowest BCUT2D eigenvalue weighted by Crippen LogP contribution is -2.44. The van der Waals surface area contributed by atoms with Crippen molar-refractivity contribution in [2.75, 3.05) is 37.0 Å². The highest BCUT2D eigenvalue weighted by Crippen LogP contribution is 2.54. The molecule has 3 aliphatic rings. The number of methoxy groups -OCH3 is 1. The van der Waals surface area contributed by atoms with Gasteiger partial charge < -0.3 is 29.7 Å². The number of benzene rings is 2. The van der Waals surface area contributed by atoms with Gasteiger partial charge in [0, 0.05) is 35.8 Å². The average Bonchev–Trinajstić information content (AvgIpc) is 3.61. The van der Waals surface area contributed by atoms with E-state index in [-0.39, 0.29) is 42.7 Å². The Labute approximate surface area is 228 Å². The maximum Gasteiger partial charge on any atom is 0.264 e. The molecule has 0 unspecified atom stereocenters. The van der Waals surface area contributed by atoms with Crippen molar-refractivity contribution < 1.29 is 29.0 Å². The summed E-state index contributed by atoms with van der Waals surface area (Å²) in [5, 5.41) is 12.6. The highest BCUT2D eigenvalue weighted by Gasteiger charge is 2.60. The van der Waals surface area contributed by atoms with Gasteiger partial charge in [0.1, 0.15) is 5.75 Å². The van der Waals surface area contributed by atoms with Crippen LogP contribution in [0.3, 0.4) is 0 Å². The highest BCUT2D eigenvalue weighted by atomic mass is 16.5. The molecule has 2 saturated heterocycles. The summed E-state index contributed by atoms with van der Waals surface area (Å²) >= 11 is 0. The number of hydrogen-bond acceptors (Lipinski definition) is 6. The zero-order chi connectivity index (χ0) is 27.7. The predicted octanol–water partition coefficient (Wildman–Crippen LogP) is 3.47. The van der Waals surface area contributed by atoms with Crippen LogP contribution in [0.15, 0.2) is 55.1 Å². The number of carbonyl (C=O) groups is 3. The molecule has 0 aromatic heterocycles. The fraction of sp³-hybridized carbons (Fsp3) is 0.433. The first-order valence-electron chi connectivity index (χ1n) is 13.4. The number of aliphatic hydroxyl groups excluding tert-OH is 1. The summed E-state index contributed by atoms with van der Waals surface area (Å²) in [6.45, 7) is 6.68. The lowest BCUT2D eigenvalue weighted by Gasteiger charge is -2.28. The smallest absolute Gasteiger partial charge is 0.264 e. The topological polar surface area (TPSA) is 108 Å². The summed E-state index contributed by atoms with van der Waals surface area (Å²) in [5.41, 5.74) is 1.15. The normalized spacial score (nSPS) is 25.7. The maximum atomic E-state index is 13.9. The molecule has 9 nitrogen and oxygen atoms in total. The number of carbonyl (C=O) groups excluding carboxylic acids is 3. The van der Waals surface area contributed by atoms with E-state index in [0.29, 0.717) is 47.8 Å². The van der Waals surface area contributed by atoms with Gasteiger partial charge in [-0.25, -0.2) is 0 Å². The van der Waals surface area contributed by atoms with Gasteiger partial charge >= 0.3 is 0 Å². The lowest BCUT2D eigenvalue weighted by atomic mass is 9.82. The van der Waals surface area contributed by atoms with Crippen LogP contribution in [0.1, 0.15) is 48.5 Å². The average molecular weight is 534 g/mol. The second kappa shape index (κ2) is 10.8. The molecule has 39 heavy (non-hydrogen) atoms. The van der Waals surface area contributed by atoms with Crippen molar-refractivity contribution in [1.82, 2.24) is 4.90 Å². The van der Waals surface area contributed by atoms with E-state index >= 15 is 0 Å². The molecule has 0 bridgehead atoms. The summed E-state index contributed by atoms with van der Waals surface area (Å²) < 4.78 is 11.7. The van der Waals surface area contributed by atoms with Crippen molar-refractivity contribution in [3.8, 4) is 5.75 Å². The molecule has 2 fully saturated rings. The van der Waals surface area contributed by atoms with Crippen LogP contribution < -0.4 is 15.0 Å². The Hall–Kier alpha value is -3.69. The Morgan fingerprint density at radius 3 is 2.72 bits per heavy atom. The molecular weight excluding hydrogens is 498 g/mol. The van der Waals surface area contributed by atoms with Gasteiger partial charge in [-0.05, 0) is 61.7 Å². The third-order valence-electron chi connectivity index (χ3n) is 8.15. The number of ether oxygens (including phenoxy) is 2. The molecule has 3 heterocycles. The van der Waals surface area contributed by atoms with E-state index in [0.717, 1.165) is 12.8 Å². The minimum Gasteiger partial charge on any atom is -0.497 e. The number of aliphatic hydroxyl groups is 1. The van der Waals surface area contributed by atoms with Crippen LogP contribution in [-0.2, 0) is 19.9 Å². The molecular formula is C30H35N3O6. The number of hydrogen-bond donors (Lipinski definition) is 2. The van der Waals surface area contributed by atoms with E-state index in [1.54, 1.807) is 59.4 Å². The molecule has 206 valence electrons. The van der Waals surface area contributed by atoms with Crippen molar-refractivity contribution in [2.24, 2.45) is 5.92 Å². The van der Waals surface area contributed by atoms with Crippen molar-refractivity contribution in [3.05, 3.63) is 66.2 Å². The van der Waals surface area contributed by atoms with E-state index < -0.39 is 11.7 Å². The lowest BCUT2D eigenvalue weighted by molar-refractivity contribution is -0.149. The molecule has 2 aromatic rings. The number of rotatable bonds is 8. The third-order valence-corrected chi connectivity index (χ3v) is 8.15. The number of nitrogens with zero attached hydrogens (tertiary/aromatic N) is 2. The van der Waals surface area contributed by atoms with Crippen LogP contribution in [-0.4, -0.2) is 66.7 Å². The van der Waals surface area contributed by atoms with Crippen LogP contribution in [0.4, 0.5) is 11.4 Å². The number of amides is 3. The van der Waals surface area contributed by atoms with Gasteiger partial charge in [-0.15, -0.1) is 6.58 Å². The van der Waals surface area contributed by atoms with Gasteiger partial charge in [0.25, 0.3) is 11.8 Å². The van der Waals surface area contributed by atoms with Crippen molar-refractivity contribution in [3.63, 3.8) is 0 Å². The summed E-state index contributed by atoms with van der Waals surface area (Å²) in [4.78, 5) is 43.3. The SMILES string of the molecule is C=CCN1C(=O)[C@@]2(O[C@@H](CC(=O)N3CCC[C@H]3CO)C[C@H]2C)c2cc(NC(=O)c3ccc(OC)cc3)ccc21. The zero-order valence-corrected chi connectivity index (χ0v) is 22.4. The monoisotopic (exact) mass is 533 g/mol. The standard InChI is InChI=1S/C30H35N3O6/c1-4-13-33-26-12-9-21(31-28(36)20-7-10-23(38-3)11-8-20)16-25(26)30(29(33)37)19(2)15-24(39-30)17-27(35)32-14-5-6-22(32)18-34/h4,7-12,16,19,22,24,34H,1,5-6,13-15,17-18H2,2-3H3,(H,31,36)/t19-,22+,24-,30+/m1/s1. The third kappa shape index (κ3) is 4.70. The first-order valence-corrected chi connectivity index (χ1v) is 13.4. The molecule has 4 atom stereocenters. The number of nitrogens with one attached hydrogen (secondary N) is 1. The quantitative estimate of drug-likeness (QED) is 0.503. The van der Waals surface area contributed by atoms with E-state index in [1.807, 2.05) is 13.0 Å². The molecule has 0 saturated carbocycles. The Balaban J connectivity index is 1.41. The molecule has 2 aromatic carbocycles. The Morgan fingerprint density at radius 1 is 1.26 bits per heavy atom. The minimum absolute atomic E-state index is 0.0506. The van der Waals surface area contributed by atoms with Gasteiger partial charge in [0.15, 0.2) is 5.60 Å². The van der Waals surface area contributed by atoms with Crippen LogP contribution in [0.25, 0.3) is 0 Å². The van der Waals surface area contributed by atoms with Crippen LogP contribution in [0, 0.1) is 5.92 Å². The minimum atomic E-state index is -1.26. The molecule has 0 radical (unpaired) electrons. The molecule has 9 heteroatoms. The van der Waals surface area contributed by atoms with Gasteiger partial charge in [0.05, 0.1) is 38.0 Å². The highest BCUT2D eigenvalue weighted by molar-refractivity contribution is 6.09. The Morgan fingerprint density at radius 2 is 2.03 bits per heavy atom. The van der Waals surface area contributed by atoms with Gasteiger partial charge in [-0.2, -0.15) is 0 Å². The molecule has 3 amide bonds. The number of fused-ring (bicyclic) bond motifs is 2. The van der Waals surface area contributed by atoms with Crippen LogP contribution in [0.2, 0.25) is 0 Å². The van der Waals surface area contributed by atoms with Gasteiger partial charge in [-0.3, -0.25) is 14.4 Å². The van der Waals surface area contributed by atoms with E-state index in [9.17, 15) is 19.5 Å². The van der Waals surface area contributed by atoms with Crippen molar-refractivity contribution >= 4 is 29.1 Å². The van der Waals surface area contributed by atoms with Crippen molar-refractivity contribution in [1.29, 1.82) is 0 Å². The maximum absolute atomic E-state index is 13.9. The van der Waals surface area contributed by atoms with E-state index in [2.05, 4.69) is 11.9 Å². The number of likely N-dealkylation sites (tertiary alicyclic amines) is 1. The zero-order valence-electron chi connectivity index (χ0n) is 22.4. The molecule has 3 aliphatic heterocycles. The Bertz CT molecular complexity index is 1280. The molecule has 1 spiro atoms. The second-order valence-electron chi connectivity index (χ2n) is 10.5. The first-order chi connectivity index (χ1) is 18.8. The molecule has 2 N–H and O–H groups in total. The summed E-state index contributed by atoms with van der Waals surface area (Å²) in [7, 11) is 1.57. The summed E-state index contributed by atoms with van der Waals surface area (Å²) in [6.07, 6.45) is 3.59. The van der Waals surface area contributed by atoms with E-state index in [4.69, 9.17) is 9.47 Å². The Kier molecular flexibility index (Phi) is 7.46. The number of anilines is 2. The fourth-order valence-electron chi connectivity index (χ4n) is 6.20. The first kappa shape index (κ1) is 26.9. The summed E-state index contributed by atoms with van der Waals surface area (Å²) in [5.74, 6) is -0.0744. The van der Waals surface area contributed by atoms with Crippen molar-refractivity contribution in [2.45, 2.75) is 50.4 Å². The van der Waals surface area contributed by atoms with Crippen LogP contribution >= 0.6 is 0 Å². The second-order valence-corrected chi connectivity index (χ2v) is 10.5. The largest absolute Gasteiger partial charge is 0.497 e. The fourth-order valence-corrected chi connectivity index (χ4v) is 6.20. The van der Waals surface area contributed by atoms with Gasteiger partial charge in [-0.1, -0.05) is 13.0 Å². The summed E-state index contributed by atoms with van der Waals surface area (Å²) in [6, 6.07) is 12.1.